The molecule has 1 aliphatic rings. The molecule has 1 aliphatic carbocycles. The zero-order valence-corrected chi connectivity index (χ0v) is 9.66. The Kier molecular flexibility index (Phi) is 2.77. The van der Waals surface area contributed by atoms with Crippen molar-refractivity contribution in [1.29, 1.82) is 0 Å². The summed E-state index contributed by atoms with van der Waals surface area (Å²) in [5, 5.41) is 9.57. The molecule has 0 amide bonds. The molecule has 0 saturated heterocycles. The second-order valence-corrected chi connectivity index (χ2v) is 5.95. The third-order valence-electron chi connectivity index (χ3n) is 2.14. The van der Waals surface area contributed by atoms with Gasteiger partial charge in [-0.25, -0.2) is 0 Å². The molecular weight excluding hydrogens is 230 g/mol. The molecule has 0 atom stereocenters. The first-order valence-corrected chi connectivity index (χ1v) is 5.00. The van der Waals surface area contributed by atoms with Crippen molar-refractivity contribution in [3.8, 4) is 0 Å². The number of allylic oxidation sites excluding steroid dienone is 2. The van der Waals surface area contributed by atoms with Gasteiger partial charge in [0.15, 0.2) is 0 Å². The fourth-order valence-corrected chi connectivity index (χ4v) is 1.36. The van der Waals surface area contributed by atoms with E-state index in [-0.39, 0.29) is 0 Å². The van der Waals surface area contributed by atoms with Crippen molar-refractivity contribution >= 4 is 34.8 Å². The first-order chi connectivity index (χ1) is 5.66. The van der Waals surface area contributed by atoms with Crippen LogP contribution in [0.4, 0.5) is 0 Å². The Morgan fingerprint density at radius 1 is 1.00 bits per heavy atom. The van der Waals surface area contributed by atoms with E-state index in [2.05, 4.69) is 0 Å². The summed E-state index contributed by atoms with van der Waals surface area (Å²) in [7, 11) is 0. The first-order valence-electron chi connectivity index (χ1n) is 3.86. The fourth-order valence-electron chi connectivity index (χ4n) is 0.984. The molecule has 4 heteroatoms. The molecule has 0 aromatic rings. The van der Waals surface area contributed by atoms with E-state index in [9.17, 15) is 5.11 Å². The smallest absolute Gasteiger partial charge is 0.202 e. The van der Waals surface area contributed by atoms with Crippen LogP contribution in [-0.4, -0.2) is 14.5 Å². The molecule has 1 nitrogen and oxygen atoms in total. The number of alkyl halides is 3. The molecule has 0 fully saturated rings. The van der Waals surface area contributed by atoms with Crippen LogP contribution in [0.3, 0.4) is 0 Å². The molecule has 0 spiro atoms. The number of hydrogen-bond acceptors (Lipinski definition) is 1. The quantitative estimate of drug-likeness (QED) is 0.510. The monoisotopic (exact) mass is 240 g/mol. The number of hydrogen-bond donors (Lipinski definition) is 1. The lowest BCUT2D eigenvalue weighted by atomic mass is 9.83. The minimum atomic E-state index is -1.39. The first kappa shape index (κ1) is 11.4. The predicted molar refractivity (Wildman–Crippen MR) is 57.3 cm³/mol. The average molecular weight is 242 g/mol. The van der Waals surface area contributed by atoms with Gasteiger partial charge < -0.3 is 5.11 Å². The van der Waals surface area contributed by atoms with E-state index in [0.717, 1.165) is 0 Å². The molecule has 74 valence electrons. The molecule has 0 bridgehead atoms. The fraction of sp³-hybridized carbons (Fsp3) is 0.556. The van der Waals surface area contributed by atoms with Crippen LogP contribution in [0.1, 0.15) is 13.8 Å². The third-order valence-corrected chi connectivity index (χ3v) is 3.37. The number of rotatable bonds is 0. The summed E-state index contributed by atoms with van der Waals surface area (Å²) in [5.74, 6) is 0. The highest BCUT2D eigenvalue weighted by Gasteiger charge is 2.42. The molecular formula is C9H11Cl3O. The molecule has 1 rings (SSSR count). The van der Waals surface area contributed by atoms with Gasteiger partial charge in [0.1, 0.15) is 0 Å². The number of halogens is 3. The SMILES string of the molecule is CC1(O)C=CC(C)(C(Cl)(Cl)Cl)C=C1. The summed E-state index contributed by atoms with van der Waals surface area (Å²) < 4.78 is -1.39. The van der Waals surface area contributed by atoms with E-state index in [1.165, 1.54) is 0 Å². The third kappa shape index (κ3) is 2.41. The summed E-state index contributed by atoms with van der Waals surface area (Å²) in [6.45, 7) is 3.46. The molecule has 0 aromatic heterocycles. The van der Waals surface area contributed by atoms with Gasteiger partial charge in [0, 0.05) is 0 Å². The Morgan fingerprint density at radius 3 is 1.69 bits per heavy atom. The molecule has 1 N–H and O–H groups in total. The maximum absolute atomic E-state index is 9.57. The Morgan fingerprint density at radius 2 is 1.38 bits per heavy atom. The Labute approximate surface area is 93.0 Å². The topological polar surface area (TPSA) is 20.2 Å². The van der Waals surface area contributed by atoms with Gasteiger partial charge in [-0.3, -0.25) is 0 Å². The van der Waals surface area contributed by atoms with E-state index in [1.807, 2.05) is 0 Å². The molecule has 0 radical (unpaired) electrons. The van der Waals surface area contributed by atoms with Gasteiger partial charge in [-0.15, -0.1) is 0 Å². The molecule has 0 saturated carbocycles. The van der Waals surface area contributed by atoms with Crippen molar-refractivity contribution in [2.24, 2.45) is 5.41 Å². The van der Waals surface area contributed by atoms with E-state index in [0.29, 0.717) is 0 Å². The zero-order chi connectivity index (χ0) is 10.3. The summed E-state index contributed by atoms with van der Waals surface area (Å²) in [5.41, 5.74) is -1.59. The highest BCUT2D eigenvalue weighted by atomic mass is 35.6. The van der Waals surface area contributed by atoms with Crippen LogP contribution in [0.2, 0.25) is 0 Å². The van der Waals surface area contributed by atoms with Gasteiger partial charge in [0.05, 0.1) is 11.0 Å². The lowest BCUT2D eigenvalue weighted by Gasteiger charge is -2.34. The van der Waals surface area contributed by atoms with Gasteiger partial charge in [0.2, 0.25) is 3.79 Å². The largest absolute Gasteiger partial charge is 0.382 e. The average Bonchev–Trinajstić information content (AvgIpc) is 1.94. The van der Waals surface area contributed by atoms with Crippen LogP contribution in [0.25, 0.3) is 0 Å². The molecule has 0 aliphatic heterocycles. The molecule has 0 unspecified atom stereocenters. The van der Waals surface area contributed by atoms with E-state index in [1.54, 1.807) is 38.2 Å². The lowest BCUT2D eigenvalue weighted by molar-refractivity contribution is 0.158. The van der Waals surface area contributed by atoms with Gasteiger partial charge in [0.25, 0.3) is 0 Å². The van der Waals surface area contributed by atoms with Crippen LogP contribution in [0.5, 0.6) is 0 Å². The van der Waals surface area contributed by atoms with Crippen molar-refractivity contribution < 1.29 is 5.11 Å². The maximum atomic E-state index is 9.57. The van der Waals surface area contributed by atoms with E-state index < -0.39 is 14.8 Å². The van der Waals surface area contributed by atoms with Crippen molar-refractivity contribution in [2.45, 2.75) is 23.2 Å². The molecule has 0 heterocycles. The highest BCUT2D eigenvalue weighted by Crippen LogP contribution is 2.48. The van der Waals surface area contributed by atoms with Gasteiger partial charge >= 0.3 is 0 Å². The minimum absolute atomic E-state index is 0.653. The zero-order valence-electron chi connectivity index (χ0n) is 7.39. The standard InChI is InChI=1S/C9H11Cl3O/c1-7(9(10,11)12)3-5-8(2,13)6-4-7/h3-6,13H,1-2H3. The summed E-state index contributed by atoms with van der Waals surface area (Å²) in [6, 6.07) is 0. The molecule has 13 heavy (non-hydrogen) atoms. The van der Waals surface area contributed by atoms with Crippen LogP contribution >= 0.6 is 34.8 Å². The Bertz CT molecular complexity index is 245. The normalized spacial score (nSPS) is 39.5. The van der Waals surface area contributed by atoms with Crippen LogP contribution < -0.4 is 0 Å². The highest BCUT2D eigenvalue weighted by molar-refractivity contribution is 6.68. The van der Waals surface area contributed by atoms with Crippen LogP contribution in [-0.2, 0) is 0 Å². The maximum Gasteiger partial charge on any atom is 0.202 e. The summed E-state index contributed by atoms with van der Waals surface area (Å²) in [4.78, 5) is 0. The summed E-state index contributed by atoms with van der Waals surface area (Å²) >= 11 is 17.4. The van der Waals surface area contributed by atoms with Gasteiger partial charge in [-0.05, 0) is 13.8 Å². The molecule has 0 aromatic carbocycles. The Hall–Kier alpha value is 0.310. The second-order valence-electron chi connectivity index (χ2n) is 3.67. The lowest BCUT2D eigenvalue weighted by Crippen LogP contribution is -2.33. The minimum Gasteiger partial charge on any atom is -0.382 e. The predicted octanol–water partition coefficient (Wildman–Crippen LogP) is 3.24. The van der Waals surface area contributed by atoms with Crippen LogP contribution in [0.15, 0.2) is 24.3 Å². The van der Waals surface area contributed by atoms with Crippen LogP contribution in [0, 0.1) is 5.41 Å². The van der Waals surface area contributed by atoms with E-state index >= 15 is 0 Å². The van der Waals surface area contributed by atoms with Crippen molar-refractivity contribution in [1.82, 2.24) is 0 Å². The Balaban J connectivity index is 2.96. The second kappa shape index (κ2) is 3.16. The van der Waals surface area contributed by atoms with Crippen molar-refractivity contribution in [3.05, 3.63) is 24.3 Å². The van der Waals surface area contributed by atoms with Crippen molar-refractivity contribution in [3.63, 3.8) is 0 Å². The number of aliphatic hydroxyl groups is 1. The van der Waals surface area contributed by atoms with E-state index in [4.69, 9.17) is 34.8 Å². The van der Waals surface area contributed by atoms with Gasteiger partial charge in [-0.1, -0.05) is 59.1 Å². The van der Waals surface area contributed by atoms with Crippen molar-refractivity contribution in [2.75, 3.05) is 0 Å². The summed E-state index contributed by atoms with van der Waals surface area (Å²) in [6.07, 6.45) is 6.66. The van der Waals surface area contributed by atoms with Gasteiger partial charge in [-0.2, -0.15) is 0 Å².